The first-order chi connectivity index (χ1) is 16.6. The molecule has 1 aliphatic carbocycles. The van der Waals surface area contributed by atoms with Gasteiger partial charge in [0.15, 0.2) is 5.92 Å². The number of aliphatic hydroxyl groups is 1. The number of alkyl halides is 3. The average Bonchev–Trinajstić information content (AvgIpc) is 3.35. The van der Waals surface area contributed by atoms with E-state index >= 15 is 0 Å². The van der Waals surface area contributed by atoms with Gasteiger partial charge < -0.3 is 25.2 Å². The number of amides is 2. The van der Waals surface area contributed by atoms with Gasteiger partial charge in [0.25, 0.3) is 0 Å². The highest BCUT2D eigenvalue weighted by Gasteiger charge is 2.50. The summed E-state index contributed by atoms with van der Waals surface area (Å²) in [6.07, 6.45) is -7.80. The molecule has 1 fully saturated rings. The number of β-amino-alcohol motifs (C(OH)–C–C–N with tert-alkyl or cyclic N) is 1. The van der Waals surface area contributed by atoms with Crippen LogP contribution in [0.5, 0.6) is 0 Å². The van der Waals surface area contributed by atoms with Crippen LogP contribution < -0.4 is 5.32 Å². The van der Waals surface area contributed by atoms with Crippen molar-refractivity contribution in [2.45, 2.75) is 30.7 Å². The van der Waals surface area contributed by atoms with Crippen LogP contribution in [0.2, 0.25) is 0 Å². The highest BCUT2D eigenvalue weighted by Crippen LogP contribution is 2.44. The van der Waals surface area contributed by atoms with Crippen molar-refractivity contribution in [2.75, 3.05) is 19.7 Å². The Labute approximate surface area is 198 Å². The van der Waals surface area contributed by atoms with Crippen molar-refractivity contribution in [2.24, 2.45) is 5.92 Å². The van der Waals surface area contributed by atoms with Crippen LogP contribution in [0.15, 0.2) is 48.5 Å². The highest BCUT2D eigenvalue weighted by atomic mass is 19.4. The SMILES string of the molecule is O=C(NCC(C(=O)N1C[C@H](O)C[C@H]1C(=O)O)C(F)(F)F)OCC1c2ccccc2-c2ccccc21. The monoisotopic (exact) mass is 492 g/mol. The van der Waals surface area contributed by atoms with E-state index in [-0.39, 0.29) is 18.9 Å². The zero-order chi connectivity index (χ0) is 25.3. The molecular formula is C24H23F3N2O6. The predicted molar refractivity (Wildman–Crippen MR) is 116 cm³/mol. The second-order valence-electron chi connectivity index (χ2n) is 8.53. The Bertz CT molecular complexity index is 1090. The molecule has 3 atom stereocenters. The van der Waals surface area contributed by atoms with Crippen LogP contribution >= 0.6 is 0 Å². The molecule has 2 aromatic carbocycles. The number of hydrogen-bond acceptors (Lipinski definition) is 5. The molecule has 1 unspecified atom stereocenters. The van der Waals surface area contributed by atoms with Crippen molar-refractivity contribution >= 4 is 18.0 Å². The minimum Gasteiger partial charge on any atom is -0.480 e. The summed E-state index contributed by atoms with van der Waals surface area (Å²) >= 11 is 0. The third-order valence-corrected chi connectivity index (χ3v) is 6.33. The molecule has 1 saturated heterocycles. The van der Waals surface area contributed by atoms with Crippen LogP contribution in [-0.2, 0) is 14.3 Å². The van der Waals surface area contributed by atoms with Crippen molar-refractivity contribution in [3.8, 4) is 11.1 Å². The highest BCUT2D eigenvalue weighted by molar-refractivity contribution is 5.87. The molecular weight excluding hydrogens is 469 g/mol. The van der Waals surface area contributed by atoms with Crippen LogP contribution in [0, 0.1) is 5.92 Å². The summed E-state index contributed by atoms with van der Waals surface area (Å²) in [6.45, 7) is -1.78. The van der Waals surface area contributed by atoms with Crippen molar-refractivity contribution in [3.05, 3.63) is 59.7 Å². The average molecular weight is 492 g/mol. The molecule has 1 aliphatic heterocycles. The van der Waals surface area contributed by atoms with Crippen LogP contribution in [0.25, 0.3) is 11.1 Å². The van der Waals surface area contributed by atoms with Gasteiger partial charge in [0.2, 0.25) is 5.91 Å². The zero-order valence-electron chi connectivity index (χ0n) is 18.4. The number of rotatable bonds is 6. The quantitative estimate of drug-likeness (QED) is 0.571. The third-order valence-electron chi connectivity index (χ3n) is 6.33. The molecule has 0 spiro atoms. The normalized spacial score (nSPS) is 20.2. The van der Waals surface area contributed by atoms with Crippen LogP contribution in [0.1, 0.15) is 23.5 Å². The number of ether oxygens (including phenoxy) is 1. The molecule has 8 nitrogen and oxygen atoms in total. The molecule has 1 heterocycles. The largest absolute Gasteiger partial charge is 0.480 e. The number of nitrogens with one attached hydrogen (secondary N) is 1. The standard InChI is InChI=1S/C24H23F3N2O6/c25-24(26,27)19(21(31)29-11-13(30)9-20(29)22(32)33)10-28-23(34)35-12-18-16-7-3-1-5-14(16)15-6-2-4-8-17(15)18/h1-8,13,18-20,30H,9-12H2,(H,28,34)(H,32,33)/t13-,19?,20+/m1/s1. The summed E-state index contributed by atoms with van der Waals surface area (Å²) in [5.74, 6) is -6.02. The van der Waals surface area contributed by atoms with Gasteiger partial charge >= 0.3 is 18.2 Å². The van der Waals surface area contributed by atoms with Gasteiger partial charge in [-0.1, -0.05) is 48.5 Å². The molecule has 186 valence electrons. The van der Waals surface area contributed by atoms with E-state index in [1.165, 1.54) is 0 Å². The fourth-order valence-electron chi connectivity index (χ4n) is 4.67. The summed E-state index contributed by atoms with van der Waals surface area (Å²) in [6, 6.07) is 13.5. The second kappa shape index (κ2) is 9.57. The minimum atomic E-state index is -5.05. The van der Waals surface area contributed by atoms with E-state index in [4.69, 9.17) is 4.74 Å². The first-order valence-corrected chi connectivity index (χ1v) is 10.9. The number of carboxylic acids is 1. The number of nitrogens with zero attached hydrogens (tertiary/aromatic N) is 1. The number of benzene rings is 2. The molecule has 3 N–H and O–H groups in total. The number of halogens is 3. The Morgan fingerprint density at radius 2 is 1.63 bits per heavy atom. The Morgan fingerprint density at radius 3 is 2.17 bits per heavy atom. The molecule has 11 heteroatoms. The van der Waals surface area contributed by atoms with Crippen LogP contribution in [0.4, 0.5) is 18.0 Å². The van der Waals surface area contributed by atoms with Gasteiger partial charge in [-0.25, -0.2) is 9.59 Å². The zero-order valence-corrected chi connectivity index (χ0v) is 18.4. The van der Waals surface area contributed by atoms with E-state index in [1.807, 2.05) is 53.8 Å². The van der Waals surface area contributed by atoms with Gasteiger partial charge in [0.05, 0.1) is 6.10 Å². The molecule has 2 aliphatic rings. The maximum atomic E-state index is 13.6. The van der Waals surface area contributed by atoms with Crippen LogP contribution in [0.3, 0.4) is 0 Å². The smallest absolute Gasteiger partial charge is 0.407 e. The van der Waals surface area contributed by atoms with E-state index in [0.717, 1.165) is 22.3 Å². The summed E-state index contributed by atoms with van der Waals surface area (Å²) in [4.78, 5) is 36.6. The van der Waals surface area contributed by atoms with Crippen molar-refractivity contribution < 1.29 is 42.5 Å². The predicted octanol–water partition coefficient (Wildman–Crippen LogP) is 2.75. The summed E-state index contributed by atoms with van der Waals surface area (Å²) < 4.78 is 46.0. The molecule has 4 rings (SSSR count). The first-order valence-electron chi connectivity index (χ1n) is 10.9. The van der Waals surface area contributed by atoms with E-state index in [9.17, 15) is 37.8 Å². The lowest BCUT2D eigenvalue weighted by Crippen LogP contribution is -2.51. The van der Waals surface area contributed by atoms with Gasteiger partial charge in [0, 0.05) is 25.4 Å². The van der Waals surface area contributed by atoms with Gasteiger partial charge in [-0.15, -0.1) is 0 Å². The Morgan fingerprint density at radius 1 is 1.06 bits per heavy atom. The molecule has 2 aromatic rings. The number of carbonyl (C=O) groups excluding carboxylic acids is 2. The van der Waals surface area contributed by atoms with Crippen molar-refractivity contribution in [1.82, 2.24) is 10.2 Å². The number of aliphatic hydroxyl groups excluding tert-OH is 1. The van der Waals surface area contributed by atoms with Gasteiger partial charge in [-0.2, -0.15) is 13.2 Å². The third kappa shape index (κ3) is 4.95. The number of likely N-dealkylation sites (tertiary alicyclic amines) is 1. The van der Waals surface area contributed by atoms with Gasteiger partial charge in [0.1, 0.15) is 12.6 Å². The fourth-order valence-corrected chi connectivity index (χ4v) is 4.67. The van der Waals surface area contributed by atoms with Crippen molar-refractivity contribution in [1.29, 1.82) is 0 Å². The molecule has 0 bridgehead atoms. The van der Waals surface area contributed by atoms with Crippen LogP contribution in [-0.4, -0.2) is 71.1 Å². The number of carbonyl (C=O) groups is 3. The molecule has 2 amide bonds. The number of hydrogen-bond donors (Lipinski definition) is 3. The Hall–Kier alpha value is -3.60. The first kappa shape index (κ1) is 24.5. The topological polar surface area (TPSA) is 116 Å². The molecule has 0 saturated carbocycles. The number of carboxylic acid groups (broad SMARTS) is 1. The second-order valence-corrected chi connectivity index (χ2v) is 8.53. The maximum Gasteiger partial charge on any atom is 0.407 e. The fraction of sp³-hybridized carbons (Fsp3) is 0.375. The van der Waals surface area contributed by atoms with Gasteiger partial charge in [-0.3, -0.25) is 4.79 Å². The molecule has 0 aromatic heterocycles. The summed E-state index contributed by atoms with van der Waals surface area (Å²) in [5.41, 5.74) is 3.83. The van der Waals surface area contributed by atoms with Gasteiger partial charge in [-0.05, 0) is 22.3 Å². The summed E-state index contributed by atoms with van der Waals surface area (Å²) in [7, 11) is 0. The number of fused-ring (bicyclic) bond motifs is 3. The Kier molecular flexibility index (Phi) is 6.70. The molecule has 35 heavy (non-hydrogen) atoms. The van der Waals surface area contributed by atoms with E-state index in [2.05, 4.69) is 0 Å². The van der Waals surface area contributed by atoms with Crippen molar-refractivity contribution in [3.63, 3.8) is 0 Å². The summed E-state index contributed by atoms with van der Waals surface area (Å²) in [5, 5.41) is 20.8. The minimum absolute atomic E-state index is 0.121. The van der Waals surface area contributed by atoms with E-state index in [1.54, 1.807) is 0 Å². The Balaban J connectivity index is 1.41. The molecule has 0 radical (unpaired) electrons. The lowest BCUT2D eigenvalue weighted by atomic mass is 9.98. The lowest BCUT2D eigenvalue weighted by molar-refractivity contribution is -0.189. The van der Waals surface area contributed by atoms with E-state index in [0.29, 0.717) is 4.90 Å². The van der Waals surface area contributed by atoms with E-state index < -0.39 is 55.3 Å². The lowest BCUT2D eigenvalue weighted by Gasteiger charge is -2.28. The number of alkyl carbamates (subject to hydrolysis) is 1. The maximum absolute atomic E-state index is 13.6. The number of aliphatic carboxylic acids is 1.